The predicted molar refractivity (Wildman–Crippen MR) is 213 cm³/mol. The predicted octanol–water partition coefficient (Wildman–Crippen LogP) is 10.8. The van der Waals surface area contributed by atoms with Crippen molar-refractivity contribution in [2.24, 2.45) is 0 Å². The van der Waals surface area contributed by atoms with E-state index in [1.165, 1.54) is 11.0 Å². The van der Waals surface area contributed by atoms with Crippen molar-refractivity contribution >= 4 is 34.8 Å². The van der Waals surface area contributed by atoms with Crippen LogP contribution in [0.15, 0.2) is 140 Å². The van der Waals surface area contributed by atoms with Gasteiger partial charge in [-0.3, -0.25) is 14.4 Å². The van der Waals surface area contributed by atoms with Crippen molar-refractivity contribution in [3.8, 4) is 0 Å². The molecule has 1 atom stereocenters. The summed E-state index contributed by atoms with van der Waals surface area (Å²) in [5.74, 6) is -1.04. The SMILES string of the molecule is Cc1cc(Cl)ccc1C1c2c(nn(CCc3cn(C(c4ccccc4)(c4ccccc4)c4ccccc4)cn3)c2C(C)C)C(=O)N1c1cccc(Cl)c1F. The molecule has 0 bridgehead atoms. The molecule has 0 spiro atoms. The molecule has 0 saturated carbocycles. The Morgan fingerprint density at radius 2 is 1.43 bits per heavy atom. The number of imidazole rings is 1. The molecule has 0 fully saturated rings. The minimum atomic E-state index is -0.680. The summed E-state index contributed by atoms with van der Waals surface area (Å²) in [7, 11) is 0. The Morgan fingerprint density at radius 1 is 0.815 bits per heavy atom. The van der Waals surface area contributed by atoms with E-state index in [0.29, 0.717) is 23.7 Å². The lowest BCUT2D eigenvalue weighted by atomic mass is 9.77. The topological polar surface area (TPSA) is 56.0 Å². The minimum Gasteiger partial charge on any atom is -0.319 e. The van der Waals surface area contributed by atoms with Crippen LogP contribution in [0.5, 0.6) is 0 Å². The molecule has 0 radical (unpaired) electrons. The number of carbonyl (C=O) groups is 1. The number of aryl methyl sites for hydroxylation is 3. The second-order valence-electron chi connectivity index (χ2n) is 14.0. The zero-order valence-electron chi connectivity index (χ0n) is 30.1. The summed E-state index contributed by atoms with van der Waals surface area (Å²) in [6.07, 6.45) is 4.59. The van der Waals surface area contributed by atoms with E-state index in [4.69, 9.17) is 33.3 Å². The molecule has 7 aromatic rings. The van der Waals surface area contributed by atoms with Crippen molar-refractivity contribution in [1.29, 1.82) is 0 Å². The van der Waals surface area contributed by atoms with Gasteiger partial charge in [0.05, 0.1) is 28.8 Å². The Morgan fingerprint density at radius 3 is 2.00 bits per heavy atom. The second-order valence-corrected chi connectivity index (χ2v) is 14.9. The van der Waals surface area contributed by atoms with Gasteiger partial charge in [0.1, 0.15) is 5.54 Å². The van der Waals surface area contributed by atoms with Crippen LogP contribution < -0.4 is 4.90 Å². The molecule has 9 heteroatoms. The number of carbonyl (C=O) groups excluding carboxylic acids is 1. The Labute approximate surface area is 324 Å². The number of hydrogen-bond donors (Lipinski definition) is 0. The van der Waals surface area contributed by atoms with E-state index in [9.17, 15) is 4.79 Å². The van der Waals surface area contributed by atoms with Crippen LogP contribution in [0.4, 0.5) is 10.1 Å². The maximum Gasteiger partial charge on any atom is 0.280 e. The molecule has 0 N–H and O–H groups in total. The molecule has 1 amide bonds. The number of rotatable bonds is 10. The van der Waals surface area contributed by atoms with Crippen molar-refractivity contribution in [2.75, 3.05) is 4.90 Å². The van der Waals surface area contributed by atoms with E-state index >= 15 is 4.39 Å². The van der Waals surface area contributed by atoms with Gasteiger partial charge in [0.2, 0.25) is 0 Å². The summed E-state index contributed by atoms with van der Waals surface area (Å²) in [5, 5.41) is 5.49. The first kappa shape index (κ1) is 35.5. The normalized spacial score (nSPS) is 14.2. The van der Waals surface area contributed by atoms with Gasteiger partial charge in [-0.2, -0.15) is 5.10 Å². The summed E-state index contributed by atoms with van der Waals surface area (Å²) >= 11 is 12.6. The molecular formula is C45H38Cl2FN5O. The lowest BCUT2D eigenvalue weighted by molar-refractivity contribution is 0.0986. The molecule has 0 saturated heterocycles. The van der Waals surface area contributed by atoms with Crippen LogP contribution in [0, 0.1) is 12.7 Å². The van der Waals surface area contributed by atoms with Gasteiger partial charge in [0.25, 0.3) is 5.91 Å². The second kappa shape index (κ2) is 14.4. The van der Waals surface area contributed by atoms with E-state index in [0.717, 1.165) is 44.8 Å². The molecule has 54 heavy (non-hydrogen) atoms. The van der Waals surface area contributed by atoms with Crippen LogP contribution >= 0.6 is 23.2 Å². The highest BCUT2D eigenvalue weighted by Crippen LogP contribution is 2.47. The summed E-state index contributed by atoms with van der Waals surface area (Å²) in [5.41, 5.74) is 7.34. The monoisotopic (exact) mass is 753 g/mol. The first-order valence-electron chi connectivity index (χ1n) is 18.0. The molecule has 8 rings (SSSR count). The van der Waals surface area contributed by atoms with Crippen LogP contribution in [-0.4, -0.2) is 25.2 Å². The molecule has 5 aromatic carbocycles. The fraction of sp³-hybridized carbons (Fsp3) is 0.178. The number of amides is 1. The number of nitrogens with zero attached hydrogens (tertiary/aromatic N) is 5. The summed E-state index contributed by atoms with van der Waals surface area (Å²) < 4.78 is 19.8. The molecule has 1 aliphatic heterocycles. The number of aromatic nitrogens is 4. The molecule has 1 aliphatic rings. The van der Waals surface area contributed by atoms with E-state index < -0.39 is 17.4 Å². The number of halogens is 3. The molecule has 2 aromatic heterocycles. The summed E-state index contributed by atoms with van der Waals surface area (Å²) in [6, 6.07) is 41.1. The third-order valence-corrected chi connectivity index (χ3v) is 11.0. The fourth-order valence-corrected chi connectivity index (χ4v) is 8.50. The Kier molecular flexibility index (Phi) is 9.46. The van der Waals surface area contributed by atoms with Gasteiger partial charge in [-0.15, -0.1) is 0 Å². The third kappa shape index (κ3) is 5.92. The fourth-order valence-electron chi connectivity index (χ4n) is 8.11. The van der Waals surface area contributed by atoms with E-state index in [1.807, 2.05) is 48.3 Å². The zero-order valence-corrected chi connectivity index (χ0v) is 31.6. The van der Waals surface area contributed by atoms with Crippen LogP contribution in [0.25, 0.3) is 0 Å². The number of benzene rings is 5. The molecule has 0 aliphatic carbocycles. The van der Waals surface area contributed by atoms with Crippen molar-refractivity contribution in [1.82, 2.24) is 19.3 Å². The quantitative estimate of drug-likeness (QED) is 0.131. The van der Waals surface area contributed by atoms with E-state index in [-0.39, 0.29) is 22.5 Å². The van der Waals surface area contributed by atoms with Crippen LogP contribution in [0.3, 0.4) is 0 Å². The van der Waals surface area contributed by atoms with Gasteiger partial charge in [0.15, 0.2) is 11.5 Å². The minimum absolute atomic E-state index is 0.00670. The van der Waals surface area contributed by atoms with E-state index in [2.05, 4.69) is 97.4 Å². The third-order valence-electron chi connectivity index (χ3n) is 10.4. The lowest BCUT2D eigenvalue weighted by Gasteiger charge is -2.37. The van der Waals surface area contributed by atoms with Crippen LogP contribution in [0.2, 0.25) is 10.0 Å². The standard InChI is InChI=1S/C45H38Cl2FN5O/c1-29(2)42-39-41(44(54)53(38-21-13-20-37(47)40(38)48)43(39)36-23-22-34(46)26-30(36)3)50-52(42)25-24-35-27-51(28-49-35)45(31-14-7-4-8-15-31,32-16-9-5-10-17-32)33-18-11-6-12-19-33/h4-23,26-29,43H,24-25H2,1-3H3. The van der Waals surface area contributed by atoms with Gasteiger partial charge in [-0.25, -0.2) is 9.37 Å². The van der Waals surface area contributed by atoms with Gasteiger partial charge in [-0.05, 0) is 64.9 Å². The maximum absolute atomic E-state index is 15.7. The number of hydrogen-bond acceptors (Lipinski definition) is 3. The molecular weight excluding hydrogens is 716 g/mol. The van der Waals surface area contributed by atoms with Gasteiger partial charge in [0, 0.05) is 35.4 Å². The first-order valence-corrected chi connectivity index (χ1v) is 18.8. The highest BCUT2D eigenvalue weighted by molar-refractivity contribution is 6.31. The number of fused-ring (bicyclic) bond motifs is 1. The average Bonchev–Trinajstić information content (AvgIpc) is 3.88. The van der Waals surface area contributed by atoms with Crippen molar-refractivity contribution in [3.63, 3.8) is 0 Å². The first-order chi connectivity index (χ1) is 26.2. The zero-order chi connectivity index (χ0) is 37.6. The van der Waals surface area contributed by atoms with Crippen molar-refractivity contribution in [3.05, 3.63) is 206 Å². The Hall–Kier alpha value is -5.50. The van der Waals surface area contributed by atoms with Gasteiger partial charge >= 0.3 is 0 Å². The highest BCUT2D eigenvalue weighted by atomic mass is 35.5. The lowest BCUT2D eigenvalue weighted by Crippen LogP contribution is -2.36. The molecule has 3 heterocycles. The van der Waals surface area contributed by atoms with Gasteiger partial charge < -0.3 is 4.57 Å². The average molecular weight is 755 g/mol. The largest absolute Gasteiger partial charge is 0.319 e. The Bertz CT molecular complexity index is 2360. The summed E-state index contributed by atoms with van der Waals surface area (Å²) in [6.45, 7) is 6.62. The van der Waals surface area contributed by atoms with Crippen LogP contribution in [0.1, 0.15) is 81.1 Å². The van der Waals surface area contributed by atoms with Crippen LogP contribution in [-0.2, 0) is 18.5 Å². The summed E-state index contributed by atoms with van der Waals surface area (Å²) in [4.78, 5) is 20.8. The van der Waals surface area contributed by atoms with E-state index in [1.54, 1.807) is 18.2 Å². The molecule has 6 nitrogen and oxygen atoms in total. The smallest absolute Gasteiger partial charge is 0.280 e. The molecule has 270 valence electrons. The van der Waals surface area contributed by atoms with Crippen molar-refractivity contribution in [2.45, 2.75) is 51.2 Å². The van der Waals surface area contributed by atoms with Gasteiger partial charge in [-0.1, -0.05) is 140 Å². The maximum atomic E-state index is 15.7. The number of anilines is 1. The Balaban J connectivity index is 1.21. The highest BCUT2D eigenvalue weighted by Gasteiger charge is 2.46. The molecule has 1 unspecified atom stereocenters. The van der Waals surface area contributed by atoms with Crippen molar-refractivity contribution < 1.29 is 9.18 Å².